The quantitative estimate of drug-likeness (QED) is 0.293. The van der Waals surface area contributed by atoms with Gasteiger partial charge in [0.1, 0.15) is 5.82 Å². The molecule has 0 radical (unpaired) electrons. The SMILES string of the molecule is CCOC(=O)c1c(NC(=O)c2ccccc2F)c(-c2ccc(OC)c(OC)c2)cn1Cc1ccccc1. The van der Waals surface area contributed by atoms with E-state index in [0.717, 1.165) is 5.56 Å². The fourth-order valence-corrected chi connectivity index (χ4v) is 4.06. The predicted octanol–water partition coefficient (Wildman–Crippen LogP) is 5.79. The molecule has 0 saturated carbocycles. The van der Waals surface area contributed by atoms with Gasteiger partial charge in [0.25, 0.3) is 5.91 Å². The van der Waals surface area contributed by atoms with Crippen LogP contribution < -0.4 is 14.8 Å². The fraction of sp³-hybridized carbons (Fsp3) is 0.172. The Morgan fingerprint density at radius 3 is 2.30 bits per heavy atom. The average molecular weight is 503 g/mol. The maximum absolute atomic E-state index is 14.4. The summed E-state index contributed by atoms with van der Waals surface area (Å²) in [6.07, 6.45) is 1.76. The summed E-state index contributed by atoms with van der Waals surface area (Å²) < 4.78 is 32.3. The van der Waals surface area contributed by atoms with E-state index >= 15 is 0 Å². The van der Waals surface area contributed by atoms with Crippen molar-refractivity contribution in [3.05, 3.63) is 102 Å². The Balaban J connectivity index is 1.91. The van der Waals surface area contributed by atoms with Gasteiger partial charge < -0.3 is 24.1 Å². The van der Waals surface area contributed by atoms with E-state index in [0.29, 0.717) is 29.2 Å². The standard InChI is InChI=1S/C29H27FN2O5/c1-4-37-29(34)27-26(31-28(33)21-12-8-9-13-23(21)30)22(18-32(27)17-19-10-6-5-7-11-19)20-14-15-24(35-2)25(16-20)36-3/h5-16,18H,4,17H2,1-3H3,(H,31,33). The van der Waals surface area contributed by atoms with Gasteiger partial charge in [0.2, 0.25) is 0 Å². The number of esters is 1. The molecule has 7 nitrogen and oxygen atoms in total. The van der Waals surface area contributed by atoms with E-state index in [1.165, 1.54) is 32.4 Å². The van der Waals surface area contributed by atoms with Crippen LogP contribution in [0.1, 0.15) is 33.3 Å². The second kappa shape index (κ2) is 11.4. The maximum Gasteiger partial charge on any atom is 0.357 e. The van der Waals surface area contributed by atoms with Crippen molar-refractivity contribution in [2.45, 2.75) is 13.5 Å². The lowest BCUT2D eigenvalue weighted by atomic mass is 10.1. The summed E-state index contributed by atoms with van der Waals surface area (Å²) in [5.41, 5.74) is 2.32. The van der Waals surface area contributed by atoms with E-state index in [4.69, 9.17) is 14.2 Å². The van der Waals surface area contributed by atoms with Gasteiger partial charge in [-0.05, 0) is 42.3 Å². The third-order valence-electron chi connectivity index (χ3n) is 5.79. The zero-order valence-electron chi connectivity index (χ0n) is 20.8. The molecule has 0 saturated heterocycles. The van der Waals surface area contributed by atoms with Gasteiger partial charge in [-0.15, -0.1) is 0 Å². The number of ether oxygens (including phenoxy) is 3. The first-order chi connectivity index (χ1) is 18.0. The molecule has 1 amide bonds. The third-order valence-corrected chi connectivity index (χ3v) is 5.79. The highest BCUT2D eigenvalue weighted by atomic mass is 19.1. The van der Waals surface area contributed by atoms with E-state index in [9.17, 15) is 14.0 Å². The van der Waals surface area contributed by atoms with E-state index in [1.807, 2.05) is 30.3 Å². The molecule has 0 unspecified atom stereocenters. The molecule has 0 aliphatic carbocycles. The number of methoxy groups -OCH3 is 2. The minimum Gasteiger partial charge on any atom is -0.493 e. The molecular weight excluding hydrogens is 475 g/mol. The van der Waals surface area contributed by atoms with Crippen LogP contribution >= 0.6 is 0 Å². The minimum absolute atomic E-state index is 0.139. The lowest BCUT2D eigenvalue weighted by molar-refractivity contribution is 0.0515. The first-order valence-electron chi connectivity index (χ1n) is 11.7. The number of rotatable bonds is 9. The first kappa shape index (κ1) is 25.5. The molecule has 0 aliphatic heterocycles. The van der Waals surface area contributed by atoms with Gasteiger partial charge in [0, 0.05) is 18.3 Å². The van der Waals surface area contributed by atoms with Crippen LogP contribution in [0.15, 0.2) is 79.0 Å². The normalized spacial score (nSPS) is 10.6. The number of anilines is 1. The second-order valence-electron chi connectivity index (χ2n) is 8.10. The Bertz CT molecular complexity index is 1420. The summed E-state index contributed by atoms with van der Waals surface area (Å²) in [7, 11) is 3.06. The molecule has 37 heavy (non-hydrogen) atoms. The molecule has 0 aliphatic rings. The van der Waals surface area contributed by atoms with E-state index in [-0.39, 0.29) is 23.6 Å². The monoisotopic (exact) mass is 502 g/mol. The summed E-state index contributed by atoms with van der Waals surface area (Å²) in [6, 6.07) is 20.5. The van der Waals surface area contributed by atoms with Gasteiger partial charge >= 0.3 is 5.97 Å². The molecule has 0 spiro atoms. The largest absolute Gasteiger partial charge is 0.493 e. The molecule has 1 N–H and O–H groups in total. The summed E-state index contributed by atoms with van der Waals surface area (Å²) >= 11 is 0. The molecule has 0 atom stereocenters. The van der Waals surface area contributed by atoms with Gasteiger partial charge in [0.05, 0.1) is 32.1 Å². The zero-order valence-corrected chi connectivity index (χ0v) is 20.8. The summed E-state index contributed by atoms with van der Waals surface area (Å²) in [5, 5.41) is 2.77. The van der Waals surface area contributed by atoms with Crippen molar-refractivity contribution in [2.75, 3.05) is 26.1 Å². The molecule has 4 aromatic rings. The van der Waals surface area contributed by atoms with Crippen molar-refractivity contribution < 1.29 is 28.2 Å². The Morgan fingerprint density at radius 2 is 1.62 bits per heavy atom. The van der Waals surface area contributed by atoms with Crippen LogP contribution in [0.4, 0.5) is 10.1 Å². The lowest BCUT2D eigenvalue weighted by Crippen LogP contribution is -2.19. The van der Waals surface area contributed by atoms with Crippen molar-refractivity contribution >= 4 is 17.6 Å². The Labute approximate surface area is 214 Å². The van der Waals surface area contributed by atoms with Crippen LogP contribution in [0.3, 0.4) is 0 Å². The topological polar surface area (TPSA) is 78.8 Å². The van der Waals surface area contributed by atoms with Gasteiger partial charge in [0.15, 0.2) is 17.2 Å². The Kier molecular flexibility index (Phi) is 7.88. The molecule has 0 fully saturated rings. The summed E-state index contributed by atoms with van der Waals surface area (Å²) in [4.78, 5) is 26.4. The van der Waals surface area contributed by atoms with Crippen molar-refractivity contribution in [1.29, 1.82) is 0 Å². The fourth-order valence-electron chi connectivity index (χ4n) is 4.06. The molecule has 1 aromatic heterocycles. The highest BCUT2D eigenvalue weighted by Crippen LogP contribution is 2.39. The molecule has 4 rings (SSSR count). The van der Waals surface area contributed by atoms with Gasteiger partial charge in [-0.2, -0.15) is 0 Å². The summed E-state index contributed by atoms with van der Waals surface area (Å²) in [5.74, 6) is -0.983. The number of carbonyl (C=O) groups is 2. The number of amides is 1. The molecule has 190 valence electrons. The van der Waals surface area contributed by atoms with Crippen LogP contribution in [-0.4, -0.2) is 37.3 Å². The zero-order chi connectivity index (χ0) is 26.4. The highest BCUT2D eigenvalue weighted by molar-refractivity contribution is 6.11. The van der Waals surface area contributed by atoms with Gasteiger partial charge in [-0.3, -0.25) is 4.79 Å². The number of hydrogen-bond acceptors (Lipinski definition) is 5. The number of carbonyl (C=O) groups excluding carboxylic acids is 2. The van der Waals surface area contributed by atoms with Crippen molar-refractivity contribution in [3.8, 4) is 22.6 Å². The Morgan fingerprint density at radius 1 is 0.919 bits per heavy atom. The second-order valence-corrected chi connectivity index (χ2v) is 8.10. The van der Waals surface area contributed by atoms with E-state index in [1.54, 1.807) is 42.0 Å². The van der Waals surface area contributed by atoms with E-state index in [2.05, 4.69) is 5.32 Å². The Hall–Kier alpha value is -4.59. The van der Waals surface area contributed by atoms with Crippen molar-refractivity contribution in [3.63, 3.8) is 0 Å². The van der Waals surface area contributed by atoms with E-state index < -0.39 is 17.7 Å². The number of aromatic nitrogens is 1. The van der Waals surface area contributed by atoms with Gasteiger partial charge in [-0.1, -0.05) is 48.5 Å². The number of benzene rings is 3. The number of nitrogens with zero attached hydrogens (tertiary/aromatic N) is 1. The maximum atomic E-state index is 14.4. The number of hydrogen-bond donors (Lipinski definition) is 1. The highest BCUT2D eigenvalue weighted by Gasteiger charge is 2.27. The number of nitrogens with one attached hydrogen (secondary N) is 1. The lowest BCUT2D eigenvalue weighted by Gasteiger charge is -2.13. The van der Waals surface area contributed by atoms with Crippen LogP contribution in [0.5, 0.6) is 11.5 Å². The minimum atomic E-state index is -0.692. The van der Waals surface area contributed by atoms with Gasteiger partial charge in [-0.25, -0.2) is 9.18 Å². The van der Waals surface area contributed by atoms with Crippen molar-refractivity contribution in [1.82, 2.24) is 4.57 Å². The molecular formula is C29H27FN2O5. The van der Waals surface area contributed by atoms with Crippen LogP contribution in [0.2, 0.25) is 0 Å². The summed E-state index contributed by atoms with van der Waals surface area (Å²) in [6.45, 7) is 2.18. The van der Waals surface area contributed by atoms with Crippen LogP contribution in [0, 0.1) is 5.82 Å². The third kappa shape index (κ3) is 5.48. The molecule has 3 aromatic carbocycles. The first-order valence-corrected chi connectivity index (χ1v) is 11.7. The van der Waals surface area contributed by atoms with Crippen molar-refractivity contribution in [2.24, 2.45) is 0 Å². The average Bonchev–Trinajstić information content (AvgIpc) is 3.26. The predicted molar refractivity (Wildman–Crippen MR) is 139 cm³/mol. The molecule has 8 heteroatoms. The number of halogens is 1. The smallest absolute Gasteiger partial charge is 0.357 e. The molecule has 1 heterocycles. The van der Waals surface area contributed by atoms with Crippen LogP contribution in [0.25, 0.3) is 11.1 Å². The van der Waals surface area contributed by atoms with Crippen LogP contribution in [-0.2, 0) is 11.3 Å². The molecule has 0 bridgehead atoms.